The number of hydrogen-bond donors (Lipinski definition) is 0. The number of nitrogens with zero attached hydrogens (tertiary/aromatic N) is 2. The third-order valence-electron chi connectivity index (χ3n) is 4.72. The molecule has 2 aromatic rings. The molecule has 0 saturated carbocycles. The molecule has 3 atom stereocenters. The molecule has 2 aliphatic heterocycles. The average Bonchev–Trinajstić information content (AvgIpc) is 3.23. The van der Waals surface area contributed by atoms with Crippen LogP contribution >= 0.6 is 0 Å². The topological polar surface area (TPSA) is 47.7 Å². The Bertz CT molecular complexity index is 602. The van der Waals surface area contributed by atoms with Crippen LogP contribution in [0.5, 0.6) is 0 Å². The number of hydrogen-bond acceptors (Lipinski definition) is 5. The highest BCUT2D eigenvalue weighted by molar-refractivity contribution is 5.08. The summed E-state index contributed by atoms with van der Waals surface area (Å²) in [6.07, 6.45) is 7.92. The highest BCUT2D eigenvalue weighted by atomic mass is 16.5. The molecule has 23 heavy (non-hydrogen) atoms. The number of aromatic nitrogens is 1. The molecule has 2 saturated heterocycles. The van der Waals surface area contributed by atoms with E-state index in [0.717, 1.165) is 31.8 Å². The average molecular weight is 314 g/mol. The van der Waals surface area contributed by atoms with Crippen LogP contribution in [0.15, 0.2) is 47.4 Å². The zero-order valence-corrected chi connectivity index (χ0v) is 13.1. The van der Waals surface area contributed by atoms with E-state index in [4.69, 9.17) is 13.9 Å². The number of furan rings is 1. The van der Waals surface area contributed by atoms with Crippen molar-refractivity contribution >= 4 is 0 Å². The minimum atomic E-state index is 0.106. The molecule has 4 rings (SSSR count). The Balaban J connectivity index is 1.42. The van der Waals surface area contributed by atoms with Crippen LogP contribution in [0.3, 0.4) is 0 Å². The normalized spacial score (nSPS) is 27.9. The molecule has 0 spiro atoms. The van der Waals surface area contributed by atoms with Crippen LogP contribution in [0.2, 0.25) is 0 Å². The van der Waals surface area contributed by atoms with E-state index in [1.54, 1.807) is 12.5 Å². The fourth-order valence-corrected chi connectivity index (χ4v) is 3.63. The van der Waals surface area contributed by atoms with Gasteiger partial charge in [0.05, 0.1) is 30.9 Å². The van der Waals surface area contributed by atoms with Crippen molar-refractivity contribution in [2.24, 2.45) is 0 Å². The van der Waals surface area contributed by atoms with E-state index in [0.29, 0.717) is 12.6 Å². The summed E-state index contributed by atoms with van der Waals surface area (Å²) in [6, 6.07) is 8.38. The third kappa shape index (κ3) is 3.32. The van der Waals surface area contributed by atoms with E-state index in [1.807, 2.05) is 30.5 Å². The van der Waals surface area contributed by atoms with Crippen LogP contribution in [0, 0.1) is 0 Å². The van der Waals surface area contributed by atoms with E-state index < -0.39 is 0 Å². The van der Waals surface area contributed by atoms with Crippen LogP contribution < -0.4 is 0 Å². The Morgan fingerprint density at radius 3 is 3.13 bits per heavy atom. The second kappa shape index (κ2) is 6.83. The summed E-state index contributed by atoms with van der Waals surface area (Å²) >= 11 is 0. The van der Waals surface area contributed by atoms with Crippen LogP contribution in [0.25, 0.3) is 0 Å². The monoisotopic (exact) mass is 314 g/mol. The summed E-state index contributed by atoms with van der Waals surface area (Å²) in [5, 5.41) is 0. The lowest BCUT2D eigenvalue weighted by atomic mass is 10.0. The lowest BCUT2D eigenvalue weighted by Gasteiger charge is -2.32. The Morgan fingerprint density at radius 1 is 1.30 bits per heavy atom. The molecular weight excluding hydrogens is 292 g/mol. The zero-order valence-electron chi connectivity index (χ0n) is 13.1. The van der Waals surface area contributed by atoms with Gasteiger partial charge in [-0.15, -0.1) is 0 Å². The minimum Gasteiger partial charge on any atom is -0.472 e. The van der Waals surface area contributed by atoms with E-state index in [9.17, 15) is 0 Å². The van der Waals surface area contributed by atoms with E-state index in [-0.39, 0.29) is 12.2 Å². The quantitative estimate of drug-likeness (QED) is 0.849. The van der Waals surface area contributed by atoms with Crippen LogP contribution in [0.4, 0.5) is 0 Å². The Morgan fingerprint density at radius 2 is 2.30 bits per heavy atom. The first-order valence-electron chi connectivity index (χ1n) is 8.28. The smallest absolute Gasteiger partial charge is 0.100 e. The second-order valence-electron chi connectivity index (χ2n) is 6.28. The lowest BCUT2D eigenvalue weighted by molar-refractivity contribution is -0.0824. The molecule has 2 fully saturated rings. The molecule has 5 nitrogen and oxygen atoms in total. The van der Waals surface area contributed by atoms with Crippen molar-refractivity contribution in [1.29, 1.82) is 0 Å². The molecule has 2 aromatic heterocycles. The Labute approximate surface area is 136 Å². The van der Waals surface area contributed by atoms with E-state index in [2.05, 4.69) is 9.88 Å². The van der Waals surface area contributed by atoms with Crippen molar-refractivity contribution in [3.63, 3.8) is 0 Å². The van der Waals surface area contributed by atoms with Gasteiger partial charge >= 0.3 is 0 Å². The predicted molar refractivity (Wildman–Crippen MR) is 84.7 cm³/mol. The van der Waals surface area contributed by atoms with Gasteiger partial charge in [0, 0.05) is 37.5 Å². The maximum absolute atomic E-state index is 6.16. The highest BCUT2D eigenvalue weighted by Crippen LogP contribution is 2.32. The second-order valence-corrected chi connectivity index (χ2v) is 6.28. The van der Waals surface area contributed by atoms with Gasteiger partial charge in [-0.25, -0.2) is 0 Å². The summed E-state index contributed by atoms with van der Waals surface area (Å²) in [4.78, 5) is 6.80. The molecule has 2 aliphatic rings. The molecule has 4 heterocycles. The zero-order chi connectivity index (χ0) is 15.5. The number of ether oxygens (including phenoxy) is 2. The molecule has 0 aliphatic carbocycles. The molecule has 0 radical (unpaired) electrons. The van der Waals surface area contributed by atoms with E-state index in [1.165, 1.54) is 12.0 Å². The summed E-state index contributed by atoms with van der Waals surface area (Å²) in [7, 11) is 0. The van der Waals surface area contributed by atoms with E-state index >= 15 is 0 Å². The van der Waals surface area contributed by atoms with Gasteiger partial charge in [-0.3, -0.25) is 9.88 Å². The van der Waals surface area contributed by atoms with Crippen LogP contribution in [0.1, 0.15) is 24.1 Å². The van der Waals surface area contributed by atoms with Gasteiger partial charge in [-0.2, -0.15) is 0 Å². The first kappa shape index (κ1) is 14.9. The fourth-order valence-electron chi connectivity index (χ4n) is 3.63. The number of fused-ring (bicyclic) bond motifs is 1. The van der Waals surface area contributed by atoms with Gasteiger partial charge < -0.3 is 13.9 Å². The molecule has 0 aromatic carbocycles. The molecule has 0 unspecified atom stereocenters. The van der Waals surface area contributed by atoms with Crippen LogP contribution in [-0.2, 0) is 22.6 Å². The lowest BCUT2D eigenvalue weighted by Crippen LogP contribution is -2.41. The Hall–Kier alpha value is -1.69. The SMILES string of the molecule is c1ccc(CO[C@H]2CN(Cc3ccoc3)[C@@H]3CCCO[C@H]23)nc1. The molecule has 0 N–H and O–H groups in total. The Kier molecular flexibility index (Phi) is 4.41. The molecule has 0 bridgehead atoms. The van der Waals surface area contributed by atoms with Crippen molar-refractivity contribution in [2.45, 2.75) is 44.2 Å². The number of likely N-dealkylation sites (tertiary alicyclic amines) is 1. The third-order valence-corrected chi connectivity index (χ3v) is 4.72. The standard InChI is InChI=1S/C18H22N2O3/c1-2-7-19-15(4-1)13-23-17-11-20(10-14-6-9-21-12-14)16-5-3-8-22-18(16)17/h1-2,4,6-7,9,12,16-18H,3,5,8,10-11,13H2/t16-,17+,18+/m1/s1. The molecule has 5 heteroatoms. The molecular formula is C18H22N2O3. The van der Waals surface area contributed by atoms with Gasteiger partial charge in [0.2, 0.25) is 0 Å². The van der Waals surface area contributed by atoms with Gasteiger partial charge in [-0.05, 0) is 31.0 Å². The first-order chi connectivity index (χ1) is 11.4. The molecule has 0 amide bonds. The van der Waals surface area contributed by atoms with Crippen molar-refractivity contribution in [2.75, 3.05) is 13.2 Å². The van der Waals surface area contributed by atoms with Crippen molar-refractivity contribution in [3.05, 3.63) is 54.2 Å². The maximum Gasteiger partial charge on any atom is 0.100 e. The predicted octanol–water partition coefficient (Wildman–Crippen LogP) is 2.62. The highest BCUT2D eigenvalue weighted by Gasteiger charge is 2.44. The van der Waals surface area contributed by atoms with Crippen molar-refractivity contribution in [1.82, 2.24) is 9.88 Å². The maximum atomic E-state index is 6.16. The van der Waals surface area contributed by atoms with Gasteiger partial charge in [0.25, 0.3) is 0 Å². The number of rotatable bonds is 5. The summed E-state index contributed by atoms with van der Waals surface area (Å²) in [6.45, 7) is 3.17. The van der Waals surface area contributed by atoms with Gasteiger partial charge in [0.15, 0.2) is 0 Å². The summed E-state index contributed by atoms with van der Waals surface area (Å²) in [5.74, 6) is 0. The van der Waals surface area contributed by atoms with Gasteiger partial charge in [-0.1, -0.05) is 6.07 Å². The minimum absolute atomic E-state index is 0.106. The van der Waals surface area contributed by atoms with Crippen LogP contribution in [-0.4, -0.2) is 41.3 Å². The fraction of sp³-hybridized carbons (Fsp3) is 0.500. The van der Waals surface area contributed by atoms with Crippen molar-refractivity contribution < 1.29 is 13.9 Å². The summed E-state index contributed by atoms with van der Waals surface area (Å²) in [5.41, 5.74) is 2.17. The van der Waals surface area contributed by atoms with Gasteiger partial charge in [0.1, 0.15) is 6.10 Å². The largest absolute Gasteiger partial charge is 0.472 e. The first-order valence-corrected chi connectivity index (χ1v) is 8.28. The number of pyridine rings is 1. The summed E-state index contributed by atoms with van der Waals surface area (Å²) < 4.78 is 17.4. The molecule has 122 valence electrons. The van der Waals surface area contributed by atoms with Crippen molar-refractivity contribution in [3.8, 4) is 0 Å².